The third-order valence-corrected chi connectivity index (χ3v) is 6.40. The molecule has 1 aromatic carbocycles. The third kappa shape index (κ3) is 13.5. The van der Waals surface area contributed by atoms with Gasteiger partial charge in [0.25, 0.3) is 5.91 Å². The Balaban J connectivity index is 0.00000684. The zero-order valence-corrected chi connectivity index (χ0v) is 25.9. The number of benzene rings is 1. The number of carbonyl (C=O) groups excluding carboxylic acids is 1. The molecule has 37 heavy (non-hydrogen) atoms. The maximum Gasteiger partial charge on any atom is 0.257 e. The minimum Gasteiger partial charge on any atom is -1.00 e. The zero-order valence-electron chi connectivity index (χ0n) is 23.8. The van der Waals surface area contributed by atoms with Gasteiger partial charge in [0.15, 0.2) is 19.0 Å². The highest BCUT2D eigenvalue weighted by Crippen LogP contribution is 2.34. The predicted molar refractivity (Wildman–Crippen MR) is 148 cm³/mol. The third-order valence-electron chi connectivity index (χ3n) is 6.40. The number of aromatic nitrogens is 1. The van der Waals surface area contributed by atoms with Crippen LogP contribution in [0.25, 0.3) is 0 Å². The van der Waals surface area contributed by atoms with E-state index in [0.717, 1.165) is 37.3 Å². The van der Waals surface area contributed by atoms with E-state index in [1.54, 1.807) is 0 Å². The topological polar surface area (TPSA) is 51.4 Å². The van der Waals surface area contributed by atoms with Gasteiger partial charge >= 0.3 is 0 Å². The second-order valence-corrected chi connectivity index (χ2v) is 10.7. The Bertz CT molecular complexity index is 912. The highest BCUT2D eigenvalue weighted by atomic mass is 127. The van der Waals surface area contributed by atoms with Crippen LogP contribution in [0.5, 0.6) is 11.5 Å². The molecule has 1 aromatic heterocycles. The number of pyridine rings is 1. The summed E-state index contributed by atoms with van der Waals surface area (Å²) in [6, 6.07) is 10.0. The Morgan fingerprint density at radius 2 is 1.65 bits per heavy atom. The van der Waals surface area contributed by atoms with Crippen LogP contribution in [0.3, 0.4) is 0 Å². The van der Waals surface area contributed by atoms with Crippen molar-refractivity contribution < 1.29 is 42.8 Å². The monoisotopic (exact) mass is 624 g/mol. The lowest BCUT2D eigenvalue weighted by atomic mass is 9.86. The van der Waals surface area contributed by atoms with Crippen molar-refractivity contribution in [3.05, 3.63) is 53.9 Å². The van der Waals surface area contributed by atoms with Gasteiger partial charge in [0.2, 0.25) is 0 Å². The van der Waals surface area contributed by atoms with E-state index in [4.69, 9.17) is 9.47 Å². The summed E-state index contributed by atoms with van der Waals surface area (Å²) in [5.41, 5.74) is 2.23. The number of halogens is 1. The molecule has 0 spiro atoms. The average Bonchev–Trinajstić information content (AvgIpc) is 2.86. The van der Waals surface area contributed by atoms with Gasteiger partial charge in [-0.25, -0.2) is 4.57 Å². The molecule has 208 valence electrons. The smallest absolute Gasteiger partial charge is 0.257 e. The van der Waals surface area contributed by atoms with E-state index in [1.807, 2.05) is 24.3 Å². The molecule has 2 aromatic rings. The summed E-state index contributed by atoms with van der Waals surface area (Å²) in [6.45, 7) is 13.2. The van der Waals surface area contributed by atoms with Crippen molar-refractivity contribution in [3.8, 4) is 11.5 Å². The maximum absolute atomic E-state index is 12.3. The van der Waals surface area contributed by atoms with Gasteiger partial charge < -0.3 is 38.8 Å². The van der Waals surface area contributed by atoms with E-state index in [-0.39, 0.29) is 41.9 Å². The summed E-state index contributed by atoms with van der Waals surface area (Å²) in [4.78, 5) is 12.3. The molecule has 6 heteroatoms. The second-order valence-electron chi connectivity index (χ2n) is 10.7. The first-order valence-electron chi connectivity index (χ1n) is 14.0. The fourth-order valence-corrected chi connectivity index (χ4v) is 4.20. The molecule has 0 saturated heterocycles. The van der Waals surface area contributed by atoms with Crippen molar-refractivity contribution in [2.75, 3.05) is 19.8 Å². The van der Waals surface area contributed by atoms with Gasteiger partial charge in [-0.05, 0) is 49.4 Å². The normalized spacial score (nSPS) is 11.1. The van der Waals surface area contributed by atoms with Crippen molar-refractivity contribution in [2.45, 2.75) is 104 Å². The van der Waals surface area contributed by atoms with E-state index in [2.05, 4.69) is 63.0 Å². The summed E-state index contributed by atoms with van der Waals surface area (Å²) in [5.74, 6) is 1.50. The summed E-state index contributed by atoms with van der Waals surface area (Å²) in [7, 11) is 0. The van der Waals surface area contributed by atoms with Crippen molar-refractivity contribution >= 4 is 5.91 Å². The van der Waals surface area contributed by atoms with Gasteiger partial charge in [-0.2, -0.15) is 0 Å². The van der Waals surface area contributed by atoms with Crippen molar-refractivity contribution in [2.24, 2.45) is 0 Å². The van der Waals surface area contributed by atoms with Crippen LogP contribution in [0.15, 0.2) is 42.7 Å². The van der Waals surface area contributed by atoms with Crippen LogP contribution >= 0.6 is 0 Å². The predicted octanol–water partition coefficient (Wildman–Crippen LogP) is 3.55. The number of hydrogen-bond donors (Lipinski definition) is 1. The summed E-state index contributed by atoms with van der Waals surface area (Å²) >= 11 is 0. The zero-order chi connectivity index (χ0) is 26.2. The fraction of sp³-hybridized carbons (Fsp3) is 0.613. The van der Waals surface area contributed by atoms with Crippen LogP contribution in [-0.2, 0) is 23.2 Å². The molecule has 0 aliphatic heterocycles. The SMILES string of the molecule is CCCCCCCCCCOc1ccc(OCC(=O)NCCc2ccc[n+](CC)c2)cc1C(C)(C)C.[I-]. The van der Waals surface area contributed by atoms with Crippen molar-refractivity contribution in [1.82, 2.24) is 5.32 Å². The molecule has 0 bridgehead atoms. The molecule has 0 aliphatic rings. The van der Waals surface area contributed by atoms with Crippen LogP contribution in [0.1, 0.15) is 97.1 Å². The molecule has 0 saturated carbocycles. The van der Waals surface area contributed by atoms with E-state index < -0.39 is 0 Å². The van der Waals surface area contributed by atoms with Gasteiger partial charge in [-0.1, -0.05) is 72.6 Å². The number of amides is 1. The minimum absolute atomic E-state index is 0. The summed E-state index contributed by atoms with van der Waals surface area (Å²) in [6.07, 6.45) is 15.3. The lowest BCUT2D eigenvalue weighted by Crippen LogP contribution is -3.00. The maximum atomic E-state index is 12.3. The highest BCUT2D eigenvalue weighted by Gasteiger charge is 2.20. The Morgan fingerprint density at radius 1 is 0.946 bits per heavy atom. The number of unbranched alkanes of at least 4 members (excludes halogenated alkanes) is 7. The molecule has 2 rings (SSSR count). The Morgan fingerprint density at radius 3 is 2.32 bits per heavy atom. The number of aryl methyl sites for hydroxylation is 1. The number of ether oxygens (including phenoxy) is 2. The van der Waals surface area contributed by atoms with Crippen LogP contribution in [-0.4, -0.2) is 25.7 Å². The van der Waals surface area contributed by atoms with E-state index in [9.17, 15) is 4.79 Å². The van der Waals surface area contributed by atoms with Crippen molar-refractivity contribution in [1.29, 1.82) is 0 Å². The molecule has 0 atom stereocenters. The highest BCUT2D eigenvalue weighted by molar-refractivity contribution is 5.77. The molecule has 0 unspecified atom stereocenters. The van der Waals surface area contributed by atoms with E-state index in [1.165, 1.54) is 50.5 Å². The summed E-state index contributed by atoms with van der Waals surface area (Å²) < 4.78 is 14.1. The Hall–Kier alpha value is -1.83. The van der Waals surface area contributed by atoms with Crippen molar-refractivity contribution in [3.63, 3.8) is 0 Å². The standard InChI is InChI=1S/C31H48N2O3.HI/c1-6-8-9-10-11-12-13-14-22-35-29-18-17-27(23-28(29)31(3,4)5)36-25-30(34)32-20-19-26-16-15-21-33(7-2)24-26;/h15-18,21,23-24H,6-14,19-20,22,25H2,1-5H3;1H. The molecule has 0 aliphatic carbocycles. The molecule has 1 N–H and O–H groups in total. The number of nitrogens with one attached hydrogen (secondary N) is 1. The first-order valence-corrected chi connectivity index (χ1v) is 14.0. The van der Waals surface area contributed by atoms with Gasteiger partial charge in [-0.15, -0.1) is 0 Å². The molecular weight excluding hydrogens is 575 g/mol. The Kier molecular flexibility index (Phi) is 16.5. The van der Waals surface area contributed by atoms with Crippen LogP contribution < -0.4 is 43.3 Å². The average molecular weight is 625 g/mol. The van der Waals surface area contributed by atoms with Crippen LogP contribution in [0, 0.1) is 0 Å². The van der Waals surface area contributed by atoms with E-state index >= 15 is 0 Å². The molecule has 1 amide bonds. The molecule has 1 heterocycles. The lowest BCUT2D eigenvalue weighted by Gasteiger charge is -2.24. The quantitative estimate of drug-likeness (QED) is 0.167. The number of rotatable bonds is 17. The van der Waals surface area contributed by atoms with Gasteiger partial charge in [0, 0.05) is 23.7 Å². The van der Waals surface area contributed by atoms with Crippen LogP contribution in [0.2, 0.25) is 0 Å². The number of carbonyl (C=O) groups is 1. The largest absolute Gasteiger partial charge is 1.00 e. The Labute approximate surface area is 242 Å². The number of hydrogen-bond acceptors (Lipinski definition) is 3. The minimum atomic E-state index is -0.110. The first kappa shape index (κ1) is 33.2. The van der Waals surface area contributed by atoms with Gasteiger partial charge in [-0.3, -0.25) is 4.79 Å². The van der Waals surface area contributed by atoms with Gasteiger partial charge in [0.05, 0.1) is 6.61 Å². The van der Waals surface area contributed by atoms with E-state index in [0.29, 0.717) is 12.3 Å². The molecule has 0 fully saturated rings. The molecular formula is C31H49IN2O3. The fourth-order valence-electron chi connectivity index (χ4n) is 4.20. The first-order chi connectivity index (χ1) is 17.3. The number of nitrogens with zero attached hydrogens (tertiary/aromatic N) is 1. The van der Waals surface area contributed by atoms with Crippen LogP contribution in [0.4, 0.5) is 0 Å². The summed E-state index contributed by atoms with van der Waals surface area (Å²) in [5, 5.41) is 2.96. The molecule has 0 radical (unpaired) electrons. The second kappa shape index (κ2) is 18.4. The van der Waals surface area contributed by atoms with Gasteiger partial charge in [0.1, 0.15) is 18.0 Å². The lowest BCUT2D eigenvalue weighted by molar-refractivity contribution is -0.694. The molecule has 5 nitrogen and oxygen atoms in total.